The third-order valence-electron chi connectivity index (χ3n) is 0.603. The highest BCUT2D eigenvalue weighted by Gasteiger charge is 2.38. The number of nitrogens with two attached hydrogens (primary N) is 1. The molecule has 0 unspecified atom stereocenters. The van der Waals surface area contributed by atoms with Crippen molar-refractivity contribution in [3.63, 3.8) is 0 Å². The number of hydrogen-bond donors (Lipinski definition) is 1. The van der Waals surface area contributed by atoms with Crippen molar-refractivity contribution in [2.24, 2.45) is 5.73 Å². The first-order valence-electron chi connectivity index (χ1n) is 1.85. The van der Waals surface area contributed by atoms with Gasteiger partial charge in [0.25, 0.3) is 5.91 Å². The summed E-state index contributed by atoms with van der Waals surface area (Å²) in [5.41, 5.74) is 4.70. The van der Waals surface area contributed by atoms with Crippen LogP contribution in [0.4, 0.5) is 0 Å². The summed E-state index contributed by atoms with van der Waals surface area (Å²) < 4.78 is -1.89. The van der Waals surface area contributed by atoms with Gasteiger partial charge in [-0.25, -0.2) is 0 Å². The molecule has 0 aliphatic rings. The van der Waals surface area contributed by atoms with Gasteiger partial charge in [0.05, 0.1) is 0 Å². The highest BCUT2D eigenvalue weighted by Crippen LogP contribution is 2.31. The van der Waals surface area contributed by atoms with Gasteiger partial charge >= 0.3 is 0 Å². The number of halogens is 4. The zero-order valence-corrected chi connectivity index (χ0v) is 7.10. The Bertz CT molecular complexity index is 123. The number of primary amides is 1. The Morgan fingerprint density at radius 2 is 1.78 bits per heavy atom. The maximum Gasteiger partial charge on any atom is 0.256 e. The van der Waals surface area contributed by atoms with Gasteiger partial charge in [-0.05, 0) is 0 Å². The number of rotatable bonds is 2. The fourth-order valence-corrected chi connectivity index (χ4v) is 0.323. The van der Waals surface area contributed by atoms with E-state index in [9.17, 15) is 4.79 Å². The molecule has 0 bridgehead atoms. The molecule has 2 N–H and O–H groups in total. The Morgan fingerprint density at radius 3 is 1.78 bits per heavy atom. The van der Waals surface area contributed by atoms with Crippen LogP contribution in [-0.2, 0) is 4.79 Å². The molecule has 0 saturated heterocycles. The van der Waals surface area contributed by atoms with Crippen LogP contribution in [0.2, 0.25) is 0 Å². The predicted octanol–water partition coefficient (Wildman–Crippen LogP) is 1.45. The van der Waals surface area contributed by atoms with E-state index in [-0.39, 0.29) is 0 Å². The van der Waals surface area contributed by atoms with Crippen LogP contribution in [0.15, 0.2) is 0 Å². The molecule has 9 heavy (non-hydrogen) atoms. The van der Waals surface area contributed by atoms with E-state index in [2.05, 4.69) is 0 Å². The van der Waals surface area contributed by atoms with Crippen LogP contribution in [0, 0.1) is 0 Å². The minimum absolute atomic E-state index is 0.958. The highest BCUT2D eigenvalue weighted by atomic mass is 35.5. The van der Waals surface area contributed by atoms with Crippen molar-refractivity contribution < 1.29 is 4.79 Å². The van der Waals surface area contributed by atoms with Gasteiger partial charge in [-0.2, -0.15) is 0 Å². The standard InChI is InChI=1S/C3H3Cl4NO/c4-1(5)3(6,7)2(8)9/h1H,(H2,8,9). The lowest BCUT2D eigenvalue weighted by Gasteiger charge is -2.14. The van der Waals surface area contributed by atoms with Gasteiger partial charge in [-0.15, -0.1) is 23.2 Å². The zero-order valence-electron chi connectivity index (χ0n) is 4.07. The van der Waals surface area contributed by atoms with E-state index in [0.29, 0.717) is 0 Å². The van der Waals surface area contributed by atoms with Gasteiger partial charge in [0, 0.05) is 0 Å². The quantitative estimate of drug-likeness (QED) is 0.690. The number of hydrogen-bond acceptors (Lipinski definition) is 1. The largest absolute Gasteiger partial charge is 0.367 e. The second kappa shape index (κ2) is 3.15. The van der Waals surface area contributed by atoms with E-state index in [1.165, 1.54) is 0 Å². The van der Waals surface area contributed by atoms with Crippen molar-refractivity contribution in [1.29, 1.82) is 0 Å². The van der Waals surface area contributed by atoms with Crippen molar-refractivity contribution in [2.75, 3.05) is 0 Å². The Labute approximate surface area is 72.2 Å². The van der Waals surface area contributed by atoms with Crippen molar-refractivity contribution >= 4 is 52.3 Å². The first-order chi connectivity index (χ1) is 3.89. The second-order valence-electron chi connectivity index (χ2n) is 1.29. The van der Waals surface area contributed by atoms with Crippen LogP contribution in [0.1, 0.15) is 0 Å². The minimum atomic E-state index is -1.89. The van der Waals surface area contributed by atoms with Crippen LogP contribution in [0.5, 0.6) is 0 Å². The molecule has 0 aliphatic carbocycles. The van der Waals surface area contributed by atoms with Gasteiger partial charge in [0.1, 0.15) is 4.84 Å². The maximum atomic E-state index is 10.3. The van der Waals surface area contributed by atoms with Crippen molar-refractivity contribution in [3.8, 4) is 0 Å². The van der Waals surface area contributed by atoms with Gasteiger partial charge in [-0.3, -0.25) is 4.79 Å². The number of amides is 1. The van der Waals surface area contributed by atoms with E-state index in [1.54, 1.807) is 0 Å². The molecule has 0 aliphatic heterocycles. The average molecular weight is 211 g/mol. The van der Waals surface area contributed by atoms with E-state index >= 15 is 0 Å². The van der Waals surface area contributed by atoms with Crippen molar-refractivity contribution in [2.45, 2.75) is 9.17 Å². The molecule has 54 valence electrons. The molecule has 0 radical (unpaired) electrons. The normalized spacial score (nSPS) is 12.1. The number of carbonyl (C=O) groups excluding carboxylic acids is 1. The van der Waals surface area contributed by atoms with Crippen LogP contribution in [0.3, 0.4) is 0 Å². The Morgan fingerprint density at radius 1 is 1.44 bits per heavy atom. The lowest BCUT2D eigenvalue weighted by molar-refractivity contribution is -0.118. The molecule has 0 atom stereocenters. The zero-order chi connectivity index (χ0) is 7.65. The summed E-state index contributed by atoms with van der Waals surface area (Å²) in [7, 11) is 0. The van der Waals surface area contributed by atoms with E-state index in [4.69, 9.17) is 52.1 Å². The summed E-state index contributed by atoms with van der Waals surface area (Å²) in [6.07, 6.45) is 0. The fraction of sp³-hybridized carbons (Fsp3) is 0.667. The summed E-state index contributed by atoms with van der Waals surface area (Å²) in [5.74, 6) is -0.958. The molecule has 0 aromatic rings. The number of carbonyl (C=O) groups is 1. The summed E-state index contributed by atoms with van der Waals surface area (Å²) in [5, 5.41) is 0. The molecule has 2 nitrogen and oxygen atoms in total. The Kier molecular flexibility index (Phi) is 3.37. The number of alkyl halides is 4. The first-order valence-corrected chi connectivity index (χ1v) is 3.47. The van der Waals surface area contributed by atoms with Crippen LogP contribution in [0.25, 0.3) is 0 Å². The summed E-state index contributed by atoms with van der Waals surface area (Å²) in [4.78, 5) is 9.04. The van der Waals surface area contributed by atoms with Gasteiger partial charge < -0.3 is 5.73 Å². The van der Waals surface area contributed by atoms with Gasteiger partial charge in [0.2, 0.25) is 4.33 Å². The maximum absolute atomic E-state index is 10.3. The van der Waals surface area contributed by atoms with Crippen molar-refractivity contribution in [1.82, 2.24) is 0 Å². The molecule has 0 rings (SSSR count). The molecule has 0 heterocycles. The van der Waals surface area contributed by atoms with Crippen LogP contribution < -0.4 is 5.73 Å². The Hall–Kier alpha value is 0.630. The monoisotopic (exact) mass is 209 g/mol. The van der Waals surface area contributed by atoms with Crippen LogP contribution in [-0.4, -0.2) is 15.1 Å². The topological polar surface area (TPSA) is 43.1 Å². The van der Waals surface area contributed by atoms with E-state index in [1.807, 2.05) is 0 Å². The molecule has 0 aromatic carbocycles. The lowest BCUT2D eigenvalue weighted by atomic mass is 10.4. The van der Waals surface area contributed by atoms with Gasteiger partial charge in [0.15, 0.2) is 0 Å². The summed E-state index contributed by atoms with van der Waals surface area (Å²) >= 11 is 20.8. The predicted molar refractivity (Wildman–Crippen MR) is 39.1 cm³/mol. The van der Waals surface area contributed by atoms with Crippen LogP contribution >= 0.6 is 46.4 Å². The van der Waals surface area contributed by atoms with E-state index in [0.717, 1.165) is 0 Å². The molecule has 6 heteroatoms. The van der Waals surface area contributed by atoms with Crippen molar-refractivity contribution in [3.05, 3.63) is 0 Å². The third kappa shape index (κ3) is 2.38. The minimum Gasteiger partial charge on any atom is -0.367 e. The molecule has 1 amide bonds. The SMILES string of the molecule is NC(=O)C(Cl)(Cl)C(Cl)Cl. The molecule has 0 aromatic heterocycles. The van der Waals surface area contributed by atoms with E-state index < -0.39 is 15.1 Å². The smallest absolute Gasteiger partial charge is 0.256 e. The second-order valence-corrected chi connectivity index (χ2v) is 3.77. The molecule has 0 fully saturated rings. The summed E-state index contributed by atoms with van der Waals surface area (Å²) in [6.45, 7) is 0. The fourth-order valence-electron chi connectivity index (χ4n) is 0.108. The molecular formula is C3H3Cl4NO. The first kappa shape index (κ1) is 9.63. The lowest BCUT2D eigenvalue weighted by Crippen LogP contribution is -2.38. The highest BCUT2D eigenvalue weighted by molar-refractivity contribution is 6.66. The average Bonchev–Trinajstić information content (AvgIpc) is 1.65. The summed E-state index contributed by atoms with van der Waals surface area (Å²) in [6, 6.07) is 0. The van der Waals surface area contributed by atoms with Gasteiger partial charge in [-0.1, -0.05) is 23.2 Å². The Balaban J connectivity index is 4.19. The molecule has 0 saturated carbocycles. The molecular weight excluding hydrogens is 208 g/mol. The molecule has 0 spiro atoms. The third-order valence-corrected chi connectivity index (χ3v) is 2.51.